The van der Waals surface area contributed by atoms with Crippen LogP contribution in [-0.4, -0.2) is 25.2 Å². The molecule has 2 bridgehead atoms. The third kappa shape index (κ3) is 1.71. The van der Waals surface area contributed by atoms with E-state index in [1.54, 1.807) is 0 Å². The maximum absolute atomic E-state index is 3.57. The van der Waals surface area contributed by atoms with Crippen molar-refractivity contribution in [3.8, 4) is 0 Å². The molecule has 4 rings (SSSR count). The van der Waals surface area contributed by atoms with Gasteiger partial charge < -0.3 is 10.2 Å². The lowest BCUT2D eigenvalue weighted by Gasteiger charge is -2.49. The quantitative estimate of drug-likeness (QED) is 0.816. The number of nitrogens with zero attached hydrogens (tertiary/aromatic N) is 1. The summed E-state index contributed by atoms with van der Waals surface area (Å²) < 4.78 is 0. The molecule has 2 unspecified atom stereocenters. The normalized spacial score (nSPS) is 28.1. The van der Waals surface area contributed by atoms with Gasteiger partial charge in [0.05, 0.1) is 0 Å². The van der Waals surface area contributed by atoms with Crippen molar-refractivity contribution in [2.24, 2.45) is 0 Å². The molecule has 3 heterocycles. The highest BCUT2D eigenvalue weighted by Crippen LogP contribution is 2.28. The summed E-state index contributed by atoms with van der Waals surface area (Å²) in [5.74, 6) is 0.623. The van der Waals surface area contributed by atoms with Crippen LogP contribution in [0.25, 0.3) is 0 Å². The summed E-state index contributed by atoms with van der Waals surface area (Å²) in [6.45, 7) is 6.87. The minimum Gasteiger partial charge on any atom is -0.368 e. The lowest BCUT2D eigenvalue weighted by atomic mass is 9.90. The van der Waals surface area contributed by atoms with E-state index in [0.717, 1.165) is 12.1 Å². The molecule has 0 saturated carbocycles. The van der Waals surface area contributed by atoms with Gasteiger partial charge in [-0.2, -0.15) is 0 Å². The summed E-state index contributed by atoms with van der Waals surface area (Å²) in [6, 6.07) is 10.5. The molecule has 3 fully saturated rings. The Bertz CT molecular complexity index is 370. The highest BCUT2D eigenvalue weighted by atomic mass is 15.3. The first-order valence-corrected chi connectivity index (χ1v) is 6.33. The molecule has 0 aromatic heterocycles. The predicted molar refractivity (Wildman–Crippen MR) is 68.1 cm³/mol. The zero-order chi connectivity index (χ0) is 11.1. The molecule has 3 saturated heterocycles. The summed E-state index contributed by atoms with van der Waals surface area (Å²) in [6.07, 6.45) is 1.38. The van der Waals surface area contributed by atoms with Gasteiger partial charge in [-0.15, -0.1) is 0 Å². The molecule has 86 valence electrons. The summed E-state index contributed by atoms with van der Waals surface area (Å²) >= 11 is 0. The molecule has 16 heavy (non-hydrogen) atoms. The zero-order valence-corrected chi connectivity index (χ0v) is 10.1. The molecule has 0 spiro atoms. The van der Waals surface area contributed by atoms with Gasteiger partial charge in [-0.3, -0.25) is 0 Å². The lowest BCUT2D eigenvalue weighted by Crippen LogP contribution is -2.67. The maximum Gasteiger partial charge on any atom is 0.0370 e. The van der Waals surface area contributed by atoms with E-state index in [2.05, 4.69) is 48.3 Å². The van der Waals surface area contributed by atoms with E-state index >= 15 is 0 Å². The Labute approximate surface area is 97.6 Å². The number of nitrogens with one attached hydrogen (secondary N) is 1. The van der Waals surface area contributed by atoms with Crippen LogP contribution < -0.4 is 10.2 Å². The Morgan fingerprint density at radius 3 is 2.56 bits per heavy atom. The average molecular weight is 216 g/mol. The topological polar surface area (TPSA) is 15.3 Å². The van der Waals surface area contributed by atoms with Crippen molar-refractivity contribution in [2.45, 2.75) is 38.3 Å². The van der Waals surface area contributed by atoms with Crippen molar-refractivity contribution in [3.63, 3.8) is 0 Å². The van der Waals surface area contributed by atoms with Crippen molar-refractivity contribution in [1.29, 1.82) is 0 Å². The Morgan fingerprint density at radius 1 is 1.25 bits per heavy atom. The van der Waals surface area contributed by atoms with Crippen LogP contribution in [0.15, 0.2) is 24.3 Å². The molecular weight excluding hydrogens is 196 g/mol. The first-order chi connectivity index (χ1) is 7.72. The molecule has 2 nitrogen and oxygen atoms in total. The van der Waals surface area contributed by atoms with Crippen molar-refractivity contribution in [3.05, 3.63) is 29.8 Å². The van der Waals surface area contributed by atoms with Gasteiger partial charge in [-0.25, -0.2) is 0 Å². The Morgan fingerprint density at radius 2 is 1.94 bits per heavy atom. The average Bonchev–Trinajstić information content (AvgIpc) is 2.28. The van der Waals surface area contributed by atoms with Gasteiger partial charge in [-0.1, -0.05) is 26.0 Å². The highest BCUT2D eigenvalue weighted by Gasteiger charge is 2.36. The van der Waals surface area contributed by atoms with Gasteiger partial charge in [0, 0.05) is 30.9 Å². The summed E-state index contributed by atoms with van der Waals surface area (Å²) in [7, 11) is 0. The second-order valence-corrected chi connectivity index (χ2v) is 5.45. The second-order valence-electron chi connectivity index (χ2n) is 5.45. The lowest BCUT2D eigenvalue weighted by molar-refractivity contribution is 0.226. The summed E-state index contributed by atoms with van der Waals surface area (Å²) in [4.78, 5) is 2.53. The van der Waals surface area contributed by atoms with Crippen LogP contribution in [-0.2, 0) is 0 Å². The van der Waals surface area contributed by atoms with Crippen LogP contribution in [0, 0.1) is 0 Å². The molecule has 0 aliphatic carbocycles. The standard InChI is InChI=1S/C14H20N2/c1-10(2)11-4-3-5-14(6-11)16-8-12-7-13(9-16)15-12/h3-6,10,12-13,15H,7-9H2,1-2H3. The molecule has 2 atom stereocenters. The van der Waals surface area contributed by atoms with Crippen molar-refractivity contribution in [1.82, 2.24) is 5.32 Å². The molecule has 3 aliphatic heterocycles. The highest BCUT2D eigenvalue weighted by molar-refractivity contribution is 5.50. The van der Waals surface area contributed by atoms with Crippen molar-refractivity contribution >= 4 is 5.69 Å². The third-order valence-electron chi connectivity index (χ3n) is 3.82. The number of hydrogen-bond donors (Lipinski definition) is 1. The van der Waals surface area contributed by atoms with Crippen LogP contribution in [0.1, 0.15) is 31.7 Å². The van der Waals surface area contributed by atoms with Crippen LogP contribution in [0.2, 0.25) is 0 Å². The number of piperazine rings is 1. The van der Waals surface area contributed by atoms with Crippen LogP contribution in [0.3, 0.4) is 0 Å². The van der Waals surface area contributed by atoms with Gasteiger partial charge in [-0.05, 0) is 30.0 Å². The molecule has 0 radical (unpaired) electrons. The van der Waals surface area contributed by atoms with Crippen LogP contribution in [0.4, 0.5) is 5.69 Å². The van der Waals surface area contributed by atoms with E-state index in [0.29, 0.717) is 5.92 Å². The number of anilines is 1. The van der Waals surface area contributed by atoms with E-state index < -0.39 is 0 Å². The molecule has 2 heteroatoms. The SMILES string of the molecule is CC(C)c1cccc(N2CC3CC(C2)N3)c1. The molecule has 1 N–H and O–H groups in total. The number of benzene rings is 1. The van der Waals surface area contributed by atoms with E-state index in [-0.39, 0.29) is 0 Å². The van der Waals surface area contributed by atoms with Gasteiger partial charge in [0.2, 0.25) is 0 Å². The number of fused-ring (bicyclic) bond motifs is 2. The van der Waals surface area contributed by atoms with E-state index in [4.69, 9.17) is 0 Å². The summed E-state index contributed by atoms with van der Waals surface area (Å²) in [5, 5.41) is 3.57. The smallest absolute Gasteiger partial charge is 0.0370 e. The van der Waals surface area contributed by atoms with Gasteiger partial charge in [0.15, 0.2) is 0 Å². The van der Waals surface area contributed by atoms with Crippen LogP contribution in [0.5, 0.6) is 0 Å². The van der Waals surface area contributed by atoms with Crippen molar-refractivity contribution in [2.75, 3.05) is 18.0 Å². The first kappa shape index (κ1) is 10.2. The molecular formula is C14H20N2. The summed E-state index contributed by atoms with van der Waals surface area (Å²) in [5.41, 5.74) is 2.85. The van der Waals surface area contributed by atoms with E-state index in [1.165, 1.54) is 30.8 Å². The number of hydrogen-bond acceptors (Lipinski definition) is 2. The zero-order valence-electron chi connectivity index (χ0n) is 10.1. The first-order valence-electron chi connectivity index (χ1n) is 6.33. The van der Waals surface area contributed by atoms with Crippen LogP contribution >= 0.6 is 0 Å². The van der Waals surface area contributed by atoms with E-state index in [9.17, 15) is 0 Å². The van der Waals surface area contributed by atoms with E-state index in [1.807, 2.05) is 0 Å². The second kappa shape index (κ2) is 3.77. The van der Waals surface area contributed by atoms with Gasteiger partial charge >= 0.3 is 0 Å². The number of piperidine rings is 1. The third-order valence-corrected chi connectivity index (χ3v) is 3.82. The Balaban J connectivity index is 1.80. The predicted octanol–water partition coefficient (Wildman–Crippen LogP) is 2.36. The molecule has 3 aliphatic rings. The molecule has 1 aromatic rings. The molecule has 1 aromatic carbocycles. The number of rotatable bonds is 2. The molecule has 0 amide bonds. The minimum absolute atomic E-state index is 0.623. The Hall–Kier alpha value is -1.02. The maximum atomic E-state index is 3.57. The van der Waals surface area contributed by atoms with Gasteiger partial charge in [0.1, 0.15) is 0 Å². The fraction of sp³-hybridized carbons (Fsp3) is 0.571. The minimum atomic E-state index is 0.623. The van der Waals surface area contributed by atoms with Gasteiger partial charge in [0.25, 0.3) is 0 Å². The Kier molecular flexibility index (Phi) is 2.40. The fourth-order valence-electron chi connectivity index (χ4n) is 2.80. The monoisotopic (exact) mass is 216 g/mol. The fourth-order valence-corrected chi connectivity index (χ4v) is 2.80. The van der Waals surface area contributed by atoms with Crippen molar-refractivity contribution < 1.29 is 0 Å². The largest absolute Gasteiger partial charge is 0.368 e.